The molecule has 0 spiro atoms. The zero-order chi connectivity index (χ0) is 17.8. The van der Waals surface area contributed by atoms with E-state index in [1.807, 2.05) is 11.9 Å². The van der Waals surface area contributed by atoms with Crippen molar-refractivity contribution in [3.8, 4) is 0 Å². The molecule has 1 atom stereocenters. The number of likely N-dealkylation sites (N-methyl/N-ethyl adjacent to an activating group) is 1. The Labute approximate surface area is 173 Å². The number of rotatable bonds is 5. The van der Waals surface area contributed by atoms with Gasteiger partial charge in [-0.25, -0.2) is 0 Å². The second-order valence-corrected chi connectivity index (χ2v) is 7.25. The Morgan fingerprint density at radius 2 is 1.89 bits per heavy atom. The second-order valence-electron chi connectivity index (χ2n) is 7.25. The number of halogens is 2. The lowest BCUT2D eigenvalue weighted by molar-refractivity contribution is -0.131. The number of nitrogens with one attached hydrogen (secondary N) is 1. The van der Waals surface area contributed by atoms with Gasteiger partial charge in [0.25, 0.3) is 0 Å². The summed E-state index contributed by atoms with van der Waals surface area (Å²) in [6, 6.07) is 0. The lowest BCUT2D eigenvalue weighted by Crippen LogP contribution is -2.43. The average molecular weight is 423 g/mol. The first-order valence-electron chi connectivity index (χ1n) is 9.29. The van der Waals surface area contributed by atoms with Gasteiger partial charge in [0.05, 0.1) is 19.2 Å². The first-order valence-corrected chi connectivity index (χ1v) is 9.29. The number of amides is 1. The van der Waals surface area contributed by atoms with Crippen LogP contribution in [0.5, 0.6) is 0 Å². The number of likely N-dealkylation sites (tertiary alicyclic amines) is 2. The van der Waals surface area contributed by atoms with Crippen molar-refractivity contribution in [3.05, 3.63) is 11.6 Å². The van der Waals surface area contributed by atoms with E-state index in [-0.39, 0.29) is 42.7 Å². The Balaban J connectivity index is 0.00000182. The highest BCUT2D eigenvalue weighted by molar-refractivity contribution is 5.85. The molecule has 0 bridgehead atoms. The summed E-state index contributed by atoms with van der Waals surface area (Å²) >= 11 is 0. The summed E-state index contributed by atoms with van der Waals surface area (Å²) in [5.41, 5.74) is 0. The maximum atomic E-state index is 12.1. The van der Waals surface area contributed by atoms with Crippen molar-refractivity contribution < 1.29 is 9.90 Å². The Kier molecular flexibility index (Phi) is 9.97. The molecule has 2 aliphatic rings. The number of piperidine rings is 2. The van der Waals surface area contributed by atoms with Gasteiger partial charge in [-0.2, -0.15) is 0 Å². The Morgan fingerprint density at radius 1 is 1.19 bits per heavy atom. The standard InChI is InChI=1S/C17H30N6O2.2ClH/c1-18-10-16(25)23-7-3-4-13(11-23)17-20-19-15(21(17)2)12-22-8-5-14(24)6-9-22;;/h13-14,18,24H,3-12H2,1-2H3;2*1H. The van der Waals surface area contributed by atoms with Gasteiger partial charge in [-0.3, -0.25) is 9.69 Å². The highest BCUT2D eigenvalue weighted by Crippen LogP contribution is 2.26. The molecule has 10 heteroatoms. The van der Waals surface area contributed by atoms with E-state index in [1.54, 1.807) is 7.05 Å². The number of aromatic nitrogens is 3. The number of aliphatic hydroxyl groups is 1. The molecule has 27 heavy (non-hydrogen) atoms. The highest BCUT2D eigenvalue weighted by Gasteiger charge is 2.28. The SMILES string of the molecule is CNCC(=O)N1CCCC(c2nnc(CN3CCC(O)CC3)n2C)C1.Cl.Cl. The predicted molar refractivity (Wildman–Crippen MR) is 108 cm³/mol. The van der Waals surface area contributed by atoms with E-state index in [2.05, 4.69) is 25.0 Å². The fourth-order valence-corrected chi connectivity index (χ4v) is 3.82. The van der Waals surface area contributed by atoms with Gasteiger partial charge >= 0.3 is 0 Å². The van der Waals surface area contributed by atoms with Gasteiger partial charge in [0, 0.05) is 39.1 Å². The van der Waals surface area contributed by atoms with Crippen molar-refractivity contribution in [2.75, 3.05) is 39.8 Å². The monoisotopic (exact) mass is 422 g/mol. The van der Waals surface area contributed by atoms with Crippen molar-refractivity contribution in [1.82, 2.24) is 29.9 Å². The van der Waals surface area contributed by atoms with Gasteiger partial charge < -0.3 is 19.9 Å². The lowest BCUT2D eigenvalue weighted by atomic mass is 9.97. The van der Waals surface area contributed by atoms with Crippen LogP contribution in [-0.4, -0.2) is 81.5 Å². The van der Waals surface area contributed by atoms with Gasteiger partial charge in [-0.05, 0) is 32.7 Å². The van der Waals surface area contributed by atoms with Crippen molar-refractivity contribution >= 4 is 30.7 Å². The average Bonchev–Trinajstić information content (AvgIpc) is 2.98. The van der Waals surface area contributed by atoms with E-state index >= 15 is 0 Å². The number of aliphatic hydroxyl groups excluding tert-OH is 1. The van der Waals surface area contributed by atoms with Crippen LogP contribution in [0.25, 0.3) is 0 Å². The van der Waals surface area contributed by atoms with Crippen LogP contribution >= 0.6 is 24.8 Å². The Bertz CT molecular complexity index is 592. The van der Waals surface area contributed by atoms with E-state index in [4.69, 9.17) is 0 Å². The first-order chi connectivity index (χ1) is 12.1. The Morgan fingerprint density at radius 3 is 2.56 bits per heavy atom. The zero-order valence-electron chi connectivity index (χ0n) is 16.1. The molecule has 0 saturated carbocycles. The topological polar surface area (TPSA) is 86.5 Å². The molecule has 1 aromatic heterocycles. The quantitative estimate of drug-likeness (QED) is 0.719. The molecule has 2 saturated heterocycles. The van der Waals surface area contributed by atoms with Gasteiger partial charge in [-0.15, -0.1) is 35.0 Å². The fourth-order valence-electron chi connectivity index (χ4n) is 3.82. The van der Waals surface area contributed by atoms with Gasteiger partial charge in [0.1, 0.15) is 11.6 Å². The molecule has 156 valence electrons. The van der Waals surface area contributed by atoms with E-state index in [9.17, 15) is 9.90 Å². The minimum Gasteiger partial charge on any atom is -0.393 e. The van der Waals surface area contributed by atoms with Crippen LogP contribution in [0.3, 0.4) is 0 Å². The number of carbonyl (C=O) groups is 1. The first kappa shape index (κ1) is 24.1. The number of hydrogen-bond acceptors (Lipinski definition) is 6. The molecule has 1 unspecified atom stereocenters. The molecule has 2 N–H and O–H groups in total. The molecule has 3 heterocycles. The van der Waals surface area contributed by atoms with Crippen LogP contribution in [0.15, 0.2) is 0 Å². The summed E-state index contributed by atoms with van der Waals surface area (Å²) in [6.07, 6.45) is 3.55. The molecule has 2 aliphatic heterocycles. The highest BCUT2D eigenvalue weighted by atomic mass is 35.5. The third kappa shape index (κ3) is 6.02. The van der Waals surface area contributed by atoms with Crippen LogP contribution < -0.4 is 5.32 Å². The van der Waals surface area contributed by atoms with Crippen molar-refractivity contribution in [3.63, 3.8) is 0 Å². The summed E-state index contributed by atoms with van der Waals surface area (Å²) in [4.78, 5) is 16.4. The van der Waals surface area contributed by atoms with Crippen molar-refractivity contribution in [1.29, 1.82) is 0 Å². The molecular weight excluding hydrogens is 391 g/mol. The summed E-state index contributed by atoms with van der Waals surface area (Å²) in [5.74, 6) is 2.35. The van der Waals surface area contributed by atoms with Gasteiger partial charge in [0.2, 0.25) is 5.91 Å². The van der Waals surface area contributed by atoms with Crippen molar-refractivity contribution in [2.24, 2.45) is 7.05 Å². The zero-order valence-corrected chi connectivity index (χ0v) is 17.8. The molecule has 0 aliphatic carbocycles. The summed E-state index contributed by atoms with van der Waals surface area (Å²) < 4.78 is 2.10. The third-order valence-electron chi connectivity index (χ3n) is 5.39. The van der Waals surface area contributed by atoms with Crippen LogP contribution in [-0.2, 0) is 18.4 Å². The van der Waals surface area contributed by atoms with E-state index in [0.717, 1.165) is 70.1 Å². The molecule has 3 rings (SSSR count). The van der Waals surface area contributed by atoms with Crippen LogP contribution in [0, 0.1) is 0 Å². The van der Waals surface area contributed by atoms with E-state index < -0.39 is 0 Å². The summed E-state index contributed by atoms with van der Waals surface area (Å²) in [7, 11) is 3.83. The fraction of sp³-hybridized carbons (Fsp3) is 0.824. The van der Waals surface area contributed by atoms with Gasteiger partial charge in [-0.1, -0.05) is 0 Å². The third-order valence-corrected chi connectivity index (χ3v) is 5.39. The largest absolute Gasteiger partial charge is 0.393 e. The maximum Gasteiger partial charge on any atom is 0.236 e. The predicted octanol–water partition coefficient (Wildman–Crippen LogP) is 0.541. The lowest BCUT2D eigenvalue weighted by Gasteiger charge is -2.32. The van der Waals surface area contributed by atoms with E-state index in [1.165, 1.54) is 0 Å². The number of hydrogen-bond donors (Lipinski definition) is 2. The van der Waals surface area contributed by atoms with Gasteiger partial charge in [0.15, 0.2) is 0 Å². The molecule has 2 fully saturated rings. The normalized spacial score (nSPS) is 21.4. The molecular formula is C17H32Cl2N6O2. The molecule has 8 nitrogen and oxygen atoms in total. The van der Waals surface area contributed by atoms with Crippen LogP contribution in [0.1, 0.15) is 43.3 Å². The molecule has 0 radical (unpaired) electrons. The minimum atomic E-state index is -0.158. The Hall–Kier alpha value is -0.930. The smallest absolute Gasteiger partial charge is 0.236 e. The second kappa shape index (κ2) is 11.2. The van der Waals surface area contributed by atoms with E-state index in [0.29, 0.717) is 6.54 Å². The molecule has 0 aromatic carbocycles. The molecule has 1 amide bonds. The summed E-state index contributed by atoms with van der Waals surface area (Å²) in [5, 5.41) is 21.4. The minimum absolute atomic E-state index is 0. The van der Waals surface area contributed by atoms with Crippen molar-refractivity contribution in [2.45, 2.75) is 44.2 Å². The molecule has 1 aromatic rings. The van der Waals surface area contributed by atoms with Crippen LogP contribution in [0.4, 0.5) is 0 Å². The number of carbonyl (C=O) groups excluding carboxylic acids is 1. The maximum absolute atomic E-state index is 12.1. The number of nitrogens with zero attached hydrogens (tertiary/aromatic N) is 5. The van der Waals surface area contributed by atoms with Crippen LogP contribution in [0.2, 0.25) is 0 Å². The summed E-state index contributed by atoms with van der Waals surface area (Å²) in [6.45, 7) is 4.52.